The fraction of sp³-hybridized carbons (Fsp3) is 0.769. The van der Waals surface area contributed by atoms with E-state index >= 15 is 0 Å². The lowest BCUT2D eigenvalue weighted by Crippen LogP contribution is -2.60. The van der Waals surface area contributed by atoms with Gasteiger partial charge in [-0.1, -0.05) is 42.4 Å². The molecule has 2 heteroatoms. The Balaban J connectivity index is 1.29. The zero-order valence-electron chi connectivity index (χ0n) is 17.7. The number of fused-ring (bicyclic) bond motifs is 5. The molecule has 154 valence electrons. The van der Waals surface area contributed by atoms with Gasteiger partial charge in [-0.05, 0) is 106 Å². The van der Waals surface area contributed by atoms with Crippen LogP contribution >= 0.6 is 0 Å². The molecule has 0 aliphatic heterocycles. The maximum Gasteiger partial charge on any atom is 0.0578 e. The van der Waals surface area contributed by atoms with Gasteiger partial charge in [-0.25, -0.2) is 0 Å². The van der Waals surface area contributed by atoms with Crippen LogP contribution in [0.4, 0.5) is 0 Å². The Kier molecular flexibility index (Phi) is 4.87. The first kappa shape index (κ1) is 19.1. The van der Waals surface area contributed by atoms with E-state index in [-0.39, 0.29) is 11.6 Å². The topological polar surface area (TPSA) is 46.2 Å². The van der Waals surface area contributed by atoms with Crippen LogP contribution < -0.4 is 5.73 Å². The number of hydrogen-bond donors (Lipinski definition) is 2. The van der Waals surface area contributed by atoms with Gasteiger partial charge in [0.2, 0.25) is 0 Å². The van der Waals surface area contributed by atoms with E-state index < -0.39 is 0 Å². The monoisotopic (exact) mass is 381 g/mol. The molecule has 5 rings (SSSR count). The van der Waals surface area contributed by atoms with Crippen LogP contribution in [0, 0.1) is 29.1 Å². The molecule has 2 nitrogen and oxygen atoms in total. The highest BCUT2D eigenvalue weighted by molar-refractivity contribution is 5.30. The smallest absolute Gasteiger partial charge is 0.0578 e. The maximum atomic E-state index is 10.1. The minimum Gasteiger partial charge on any atom is -0.393 e. The fourth-order valence-corrected chi connectivity index (χ4v) is 8.17. The number of nitrogens with two attached hydrogens (primary N) is 1. The van der Waals surface area contributed by atoms with Crippen molar-refractivity contribution in [1.29, 1.82) is 0 Å². The van der Waals surface area contributed by atoms with Crippen LogP contribution in [0.25, 0.3) is 0 Å². The average molecular weight is 382 g/mol. The summed E-state index contributed by atoms with van der Waals surface area (Å²) in [6, 6.07) is 0. The number of aliphatic hydroxyl groups excluding tert-OH is 1. The molecule has 7 atom stereocenters. The molecular weight excluding hydrogens is 342 g/mol. The Morgan fingerprint density at radius 3 is 2.82 bits per heavy atom. The number of aliphatic hydroxyl groups is 1. The van der Waals surface area contributed by atoms with Gasteiger partial charge < -0.3 is 10.8 Å². The molecule has 7 unspecified atom stereocenters. The molecule has 5 aliphatic rings. The van der Waals surface area contributed by atoms with Crippen LogP contribution in [0.15, 0.2) is 35.5 Å². The Bertz CT molecular complexity index is 705. The summed E-state index contributed by atoms with van der Waals surface area (Å²) >= 11 is 0. The van der Waals surface area contributed by atoms with Crippen molar-refractivity contribution in [3.05, 3.63) is 35.5 Å². The normalized spacial score (nSPS) is 47.2. The number of allylic oxidation sites excluding steroid dienone is 5. The highest BCUT2D eigenvalue weighted by Crippen LogP contribution is 2.64. The quantitative estimate of drug-likeness (QED) is 0.616. The summed E-state index contributed by atoms with van der Waals surface area (Å²) in [7, 11) is 0. The second-order valence-corrected chi connectivity index (χ2v) is 10.9. The predicted octanol–water partition coefficient (Wildman–Crippen LogP) is 5.67. The summed E-state index contributed by atoms with van der Waals surface area (Å²) in [5, 5.41) is 10.1. The van der Waals surface area contributed by atoms with Crippen molar-refractivity contribution in [2.24, 2.45) is 34.8 Å². The van der Waals surface area contributed by atoms with Crippen LogP contribution in [0.2, 0.25) is 0 Å². The van der Waals surface area contributed by atoms with Gasteiger partial charge in [0.25, 0.3) is 0 Å². The van der Waals surface area contributed by atoms with Gasteiger partial charge in [-0.15, -0.1) is 0 Å². The van der Waals surface area contributed by atoms with E-state index in [1.54, 1.807) is 5.57 Å². The first-order valence-electron chi connectivity index (χ1n) is 12.0. The van der Waals surface area contributed by atoms with Gasteiger partial charge in [-0.3, -0.25) is 0 Å². The van der Waals surface area contributed by atoms with Gasteiger partial charge in [0.1, 0.15) is 0 Å². The van der Waals surface area contributed by atoms with Gasteiger partial charge in [0.05, 0.1) is 6.10 Å². The van der Waals surface area contributed by atoms with Crippen molar-refractivity contribution in [1.82, 2.24) is 0 Å². The van der Waals surface area contributed by atoms with Crippen LogP contribution in [0.3, 0.4) is 0 Å². The van der Waals surface area contributed by atoms with Crippen LogP contribution in [0.5, 0.6) is 0 Å². The van der Waals surface area contributed by atoms with Gasteiger partial charge >= 0.3 is 0 Å². The van der Waals surface area contributed by atoms with E-state index in [9.17, 15) is 5.11 Å². The second-order valence-electron chi connectivity index (χ2n) is 10.9. The molecule has 28 heavy (non-hydrogen) atoms. The largest absolute Gasteiger partial charge is 0.393 e. The van der Waals surface area contributed by atoms with Gasteiger partial charge in [0.15, 0.2) is 0 Å². The minimum absolute atomic E-state index is 0.108. The van der Waals surface area contributed by atoms with E-state index in [0.29, 0.717) is 11.3 Å². The fourth-order valence-electron chi connectivity index (χ4n) is 8.17. The van der Waals surface area contributed by atoms with E-state index in [0.717, 1.165) is 43.4 Å². The highest BCUT2D eigenvalue weighted by Gasteiger charge is 2.58. The van der Waals surface area contributed by atoms with E-state index in [4.69, 9.17) is 5.73 Å². The number of hydrogen-bond acceptors (Lipinski definition) is 2. The highest BCUT2D eigenvalue weighted by atomic mass is 16.3. The molecule has 3 fully saturated rings. The minimum atomic E-state index is -0.158. The van der Waals surface area contributed by atoms with Crippen LogP contribution in [0.1, 0.15) is 84.0 Å². The van der Waals surface area contributed by atoms with E-state index in [1.165, 1.54) is 56.9 Å². The molecule has 0 spiro atoms. The summed E-state index contributed by atoms with van der Waals surface area (Å²) in [5.41, 5.74) is 10.5. The maximum absolute atomic E-state index is 10.1. The standard InChI is InChI=1S/C26H39NO/c1-25-15-14-24-22(11-9-20-17-21(28)13-16-26(20,24)27)23(25)12-10-19(25)8-4-7-18-5-2-3-6-18/h2,5-6,9,19,21-24,28H,3-4,7-8,10-17,27H2,1H3. The third-order valence-electron chi connectivity index (χ3n) is 9.74. The summed E-state index contributed by atoms with van der Waals surface area (Å²) in [6.07, 6.45) is 24.0. The predicted molar refractivity (Wildman–Crippen MR) is 116 cm³/mol. The zero-order chi connectivity index (χ0) is 19.4. The summed E-state index contributed by atoms with van der Waals surface area (Å²) in [4.78, 5) is 0. The van der Waals surface area contributed by atoms with Crippen molar-refractivity contribution in [3.63, 3.8) is 0 Å². The van der Waals surface area contributed by atoms with Crippen molar-refractivity contribution in [3.8, 4) is 0 Å². The molecular formula is C26H39NO. The molecule has 0 aromatic rings. The Morgan fingerprint density at radius 2 is 2.00 bits per heavy atom. The lowest BCUT2D eigenvalue weighted by atomic mass is 9.49. The molecule has 3 N–H and O–H groups in total. The lowest BCUT2D eigenvalue weighted by molar-refractivity contribution is -0.0286. The summed E-state index contributed by atoms with van der Waals surface area (Å²) < 4.78 is 0. The van der Waals surface area contributed by atoms with Crippen LogP contribution in [-0.2, 0) is 0 Å². The molecule has 0 saturated heterocycles. The molecule has 0 aromatic heterocycles. The molecule has 5 aliphatic carbocycles. The molecule has 0 amide bonds. The Labute approximate surface area is 171 Å². The first-order valence-corrected chi connectivity index (χ1v) is 12.0. The lowest BCUT2D eigenvalue weighted by Gasteiger charge is -2.57. The molecule has 0 heterocycles. The molecule has 0 radical (unpaired) electrons. The molecule has 3 saturated carbocycles. The van der Waals surface area contributed by atoms with E-state index in [2.05, 4.69) is 31.2 Å². The van der Waals surface area contributed by atoms with Crippen molar-refractivity contribution in [2.45, 2.75) is 95.6 Å². The third kappa shape index (κ3) is 2.98. The van der Waals surface area contributed by atoms with Crippen molar-refractivity contribution in [2.75, 3.05) is 0 Å². The number of rotatable bonds is 4. The average Bonchev–Trinajstić information content (AvgIpc) is 3.30. The van der Waals surface area contributed by atoms with Crippen molar-refractivity contribution < 1.29 is 5.11 Å². The first-order chi connectivity index (χ1) is 13.5. The third-order valence-corrected chi connectivity index (χ3v) is 9.74. The molecule has 0 bridgehead atoms. The summed E-state index contributed by atoms with van der Waals surface area (Å²) in [6.45, 7) is 2.63. The summed E-state index contributed by atoms with van der Waals surface area (Å²) in [5.74, 6) is 3.22. The molecule has 0 aromatic carbocycles. The second kappa shape index (κ2) is 7.13. The SMILES string of the molecule is CC12CCC3C(CC=C4CC(O)CCC43N)C1CCC2CCCC1=CCC=C1. The van der Waals surface area contributed by atoms with Crippen LogP contribution in [-0.4, -0.2) is 16.7 Å². The van der Waals surface area contributed by atoms with Gasteiger partial charge in [-0.2, -0.15) is 0 Å². The Morgan fingerprint density at radius 1 is 1.11 bits per heavy atom. The van der Waals surface area contributed by atoms with Gasteiger partial charge in [0, 0.05) is 5.54 Å². The van der Waals surface area contributed by atoms with Crippen molar-refractivity contribution >= 4 is 0 Å². The van der Waals surface area contributed by atoms with E-state index in [1.807, 2.05) is 0 Å². The Hall–Kier alpha value is -0.860. The zero-order valence-corrected chi connectivity index (χ0v) is 17.7.